The third kappa shape index (κ3) is 5.69. The van der Waals surface area contributed by atoms with Crippen molar-refractivity contribution in [1.29, 1.82) is 0 Å². The number of ether oxygens (including phenoxy) is 3. The molecule has 10 nitrogen and oxygen atoms in total. The molecule has 4 rings (SSSR count). The fourth-order valence-electron chi connectivity index (χ4n) is 4.12. The molecule has 0 saturated carbocycles. The summed E-state index contributed by atoms with van der Waals surface area (Å²) in [5, 5.41) is 7.58. The van der Waals surface area contributed by atoms with Gasteiger partial charge in [-0.25, -0.2) is 14.3 Å². The number of piperidine rings is 1. The minimum atomic E-state index is -0.533. The van der Waals surface area contributed by atoms with Gasteiger partial charge in [-0.1, -0.05) is 0 Å². The van der Waals surface area contributed by atoms with Crippen LogP contribution in [0.25, 0.3) is 16.9 Å². The zero-order valence-corrected chi connectivity index (χ0v) is 21.4. The van der Waals surface area contributed by atoms with Crippen LogP contribution in [0, 0.1) is 0 Å². The van der Waals surface area contributed by atoms with Crippen molar-refractivity contribution in [2.75, 3.05) is 26.8 Å². The van der Waals surface area contributed by atoms with E-state index >= 15 is 0 Å². The van der Waals surface area contributed by atoms with Crippen molar-refractivity contribution >= 4 is 17.6 Å². The van der Waals surface area contributed by atoms with E-state index < -0.39 is 5.60 Å². The van der Waals surface area contributed by atoms with Crippen molar-refractivity contribution in [3.8, 4) is 22.8 Å². The van der Waals surface area contributed by atoms with Crippen molar-refractivity contribution in [2.24, 2.45) is 0 Å². The first-order valence-corrected chi connectivity index (χ1v) is 12.1. The molecule has 0 spiro atoms. The van der Waals surface area contributed by atoms with Crippen LogP contribution < -0.4 is 14.8 Å². The normalized spacial score (nSPS) is 14.5. The number of rotatable bonds is 6. The summed E-state index contributed by atoms with van der Waals surface area (Å²) in [6, 6.07) is 9.10. The highest BCUT2D eigenvalue weighted by molar-refractivity contribution is 5.93. The average Bonchev–Trinajstić information content (AvgIpc) is 3.29. The van der Waals surface area contributed by atoms with Gasteiger partial charge in [-0.05, 0) is 64.8 Å². The molecular weight excluding hydrogens is 462 g/mol. The Morgan fingerprint density at radius 3 is 2.53 bits per heavy atom. The first-order chi connectivity index (χ1) is 17.2. The summed E-state index contributed by atoms with van der Waals surface area (Å²) in [5.74, 6) is 1.00. The third-order valence-electron chi connectivity index (χ3n) is 5.83. The highest BCUT2D eigenvalue weighted by atomic mass is 16.6. The Hall–Kier alpha value is -3.82. The maximum atomic E-state index is 13.0. The SMILES string of the molecule is CCOc1ccc(-c2ccnc3cc(C(=O)NC4CCN(C(=O)OC(C)(C)C)CC4)nn23)cc1OC. The first-order valence-electron chi connectivity index (χ1n) is 12.1. The minimum absolute atomic E-state index is 0.0520. The number of hydrogen-bond donors (Lipinski definition) is 1. The summed E-state index contributed by atoms with van der Waals surface area (Å²) >= 11 is 0. The number of carbonyl (C=O) groups excluding carboxylic acids is 2. The van der Waals surface area contributed by atoms with Crippen LogP contribution in [0.2, 0.25) is 0 Å². The van der Waals surface area contributed by atoms with Crippen LogP contribution in [-0.4, -0.2) is 69.9 Å². The lowest BCUT2D eigenvalue weighted by Gasteiger charge is -2.33. The summed E-state index contributed by atoms with van der Waals surface area (Å²) in [7, 11) is 1.60. The second-order valence-corrected chi connectivity index (χ2v) is 9.64. The summed E-state index contributed by atoms with van der Waals surface area (Å²) in [6.45, 7) is 9.04. The molecule has 0 atom stereocenters. The molecule has 3 heterocycles. The average molecular weight is 496 g/mol. The smallest absolute Gasteiger partial charge is 0.410 e. The van der Waals surface area contributed by atoms with Crippen LogP contribution in [0.1, 0.15) is 51.0 Å². The van der Waals surface area contributed by atoms with Gasteiger partial charge in [-0.3, -0.25) is 4.79 Å². The molecule has 192 valence electrons. The molecule has 36 heavy (non-hydrogen) atoms. The van der Waals surface area contributed by atoms with Gasteiger partial charge in [0, 0.05) is 37.0 Å². The number of fused-ring (bicyclic) bond motifs is 1. The van der Waals surface area contributed by atoms with Gasteiger partial charge in [-0.15, -0.1) is 0 Å². The lowest BCUT2D eigenvalue weighted by Crippen LogP contribution is -2.47. The van der Waals surface area contributed by atoms with E-state index in [2.05, 4.69) is 15.4 Å². The molecule has 10 heteroatoms. The number of nitrogens with one attached hydrogen (secondary N) is 1. The third-order valence-corrected chi connectivity index (χ3v) is 5.83. The van der Waals surface area contributed by atoms with E-state index in [0.29, 0.717) is 49.7 Å². The van der Waals surface area contributed by atoms with E-state index in [0.717, 1.165) is 11.3 Å². The molecule has 1 fully saturated rings. The molecule has 0 radical (unpaired) electrons. The van der Waals surface area contributed by atoms with Gasteiger partial charge in [0.2, 0.25) is 0 Å². The molecule has 0 aliphatic carbocycles. The van der Waals surface area contributed by atoms with E-state index in [1.165, 1.54) is 0 Å². The van der Waals surface area contributed by atoms with E-state index in [4.69, 9.17) is 14.2 Å². The largest absolute Gasteiger partial charge is 0.493 e. The molecular formula is C26H33N5O5. The lowest BCUT2D eigenvalue weighted by molar-refractivity contribution is 0.0199. The number of aromatic nitrogens is 3. The second kappa shape index (κ2) is 10.4. The van der Waals surface area contributed by atoms with Crippen LogP contribution in [0.5, 0.6) is 11.5 Å². The van der Waals surface area contributed by atoms with Crippen LogP contribution in [0.15, 0.2) is 36.5 Å². The molecule has 1 N–H and O–H groups in total. The van der Waals surface area contributed by atoms with Gasteiger partial charge in [-0.2, -0.15) is 5.10 Å². The summed E-state index contributed by atoms with van der Waals surface area (Å²) in [4.78, 5) is 31.3. The highest BCUT2D eigenvalue weighted by Gasteiger charge is 2.28. The standard InChI is InChI=1S/C26H33N5O5/c1-6-35-21-8-7-17(15-22(21)34-5)20-9-12-27-23-16-19(29-31(20)23)24(32)28-18-10-13-30(14-11-18)25(33)36-26(2,3)4/h7-9,12,15-16,18H,6,10-11,13-14H2,1-5H3,(H,28,32). The highest BCUT2D eigenvalue weighted by Crippen LogP contribution is 2.32. The van der Waals surface area contributed by atoms with Crippen LogP contribution >= 0.6 is 0 Å². The monoisotopic (exact) mass is 495 g/mol. The Labute approximate surface area is 210 Å². The molecule has 1 aliphatic rings. The van der Waals surface area contributed by atoms with E-state index in [-0.39, 0.29) is 23.7 Å². The molecule has 2 amide bonds. The number of likely N-dealkylation sites (tertiary alicyclic amines) is 1. The summed E-state index contributed by atoms with van der Waals surface area (Å²) < 4.78 is 18.2. The van der Waals surface area contributed by atoms with E-state index in [9.17, 15) is 9.59 Å². The van der Waals surface area contributed by atoms with Gasteiger partial charge < -0.3 is 24.4 Å². The molecule has 1 saturated heterocycles. The Balaban J connectivity index is 1.46. The second-order valence-electron chi connectivity index (χ2n) is 9.64. The molecule has 1 aromatic carbocycles. The molecule has 3 aromatic rings. The van der Waals surface area contributed by atoms with Crippen LogP contribution in [0.4, 0.5) is 4.79 Å². The number of nitrogens with zero attached hydrogens (tertiary/aromatic N) is 4. The quantitative estimate of drug-likeness (QED) is 0.552. The van der Waals surface area contributed by atoms with Crippen LogP contribution in [-0.2, 0) is 4.74 Å². The predicted octanol–water partition coefficient (Wildman–Crippen LogP) is 3.93. The summed E-state index contributed by atoms with van der Waals surface area (Å²) in [6.07, 6.45) is 2.66. The molecule has 2 aromatic heterocycles. The van der Waals surface area contributed by atoms with E-state index in [1.807, 2.05) is 52.0 Å². The summed E-state index contributed by atoms with van der Waals surface area (Å²) in [5.41, 5.74) is 1.93. The van der Waals surface area contributed by atoms with Crippen molar-refractivity contribution in [1.82, 2.24) is 24.8 Å². The molecule has 0 unspecified atom stereocenters. The van der Waals surface area contributed by atoms with Gasteiger partial charge in [0.05, 0.1) is 19.4 Å². The Kier molecular flexibility index (Phi) is 7.32. The number of hydrogen-bond acceptors (Lipinski definition) is 7. The maximum absolute atomic E-state index is 13.0. The van der Waals surface area contributed by atoms with Crippen molar-refractivity contribution in [2.45, 2.75) is 52.2 Å². The van der Waals surface area contributed by atoms with Gasteiger partial charge in [0.25, 0.3) is 5.91 Å². The van der Waals surface area contributed by atoms with Crippen molar-refractivity contribution in [3.05, 3.63) is 42.2 Å². The Morgan fingerprint density at radius 2 is 1.86 bits per heavy atom. The zero-order valence-electron chi connectivity index (χ0n) is 21.4. The predicted molar refractivity (Wildman–Crippen MR) is 134 cm³/mol. The Bertz CT molecular complexity index is 1240. The van der Waals surface area contributed by atoms with Crippen LogP contribution in [0.3, 0.4) is 0 Å². The van der Waals surface area contributed by atoms with Crippen molar-refractivity contribution < 1.29 is 23.8 Å². The molecule has 1 aliphatic heterocycles. The van der Waals surface area contributed by atoms with Gasteiger partial charge in [0.1, 0.15) is 5.60 Å². The number of benzene rings is 1. The number of carbonyl (C=O) groups is 2. The topological polar surface area (TPSA) is 107 Å². The molecule has 0 bridgehead atoms. The number of amides is 2. The van der Waals surface area contributed by atoms with Gasteiger partial charge in [0.15, 0.2) is 22.8 Å². The van der Waals surface area contributed by atoms with Crippen molar-refractivity contribution in [3.63, 3.8) is 0 Å². The first kappa shape index (κ1) is 25.3. The zero-order chi connectivity index (χ0) is 25.9. The lowest BCUT2D eigenvalue weighted by atomic mass is 10.1. The fraction of sp³-hybridized carbons (Fsp3) is 0.462. The Morgan fingerprint density at radius 1 is 1.11 bits per heavy atom. The number of methoxy groups -OCH3 is 1. The minimum Gasteiger partial charge on any atom is -0.493 e. The van der Waals surface area contributed by atoms with E-state index in [1.54, 1.807) is 28.8 Å². The fourth-order valence-corrected chi connectivity index (χ4v) is 4.12. The van der Waals surface area contributed by atoms with Gasteiger partial charge >= 0.3 is 6.09 Å². The maximum Gasteiger partial charge on any atom is 0.410 e.